The predicted molar refractivity (Wildman–Crippen MR) is 83.2 cm³/mol. The zero-order valence-electron chi connectivity index (χ0n) is 13.2. The van der Waals surface area contributed by atoms with Gasteiger partial charge >= 0.3 is 0 Å². The van der Waals surface area contributed by atoms with Crippen LogP contribution in [0.2, 0.25) is 0 Å². The lowest BCUT2D eigenvalue weighted by atomic mass is 10.1. The minimum atomic E-state index is -3.67. The van der Waals surface area contributed by atoms with Gasteiger partial charge in [-0.2, -0.15) is 0 Å². The van der Waals surface area contributed by atoms with Crippen molar-refractivity contribution in [3.63, 3.8) is 0 Å². The average molecular weight is 316 g/mol. The summed E-state index contributed by atoms with van der Waals surface area (Å²) in [6.07, 6.45) is 1.73. The molecule has 0 heterocycles. The Hall–Kier alpha value is -0.980. The van der Waals surface area contributed by atoms with Crippen molar-refractivity contribution in [1.29, 1.82) is 0 Å². The van der Waals surface area contributed by atoms with E-state index in [0.717, 1.165) is 12.8 Å². The van der Waals surface area contributed by atoms with Crippen LogP contribution in [0.5, 0.6) is 0 Å². The molecule has 0 bridgehead atoms. The molecule has 1 aromatic carbocycles. The van der Waals surface area contributed by atoms with E-state index in [1.54, 1.807) is 7.05 Å². The lowest BCUT2D eigenvalue weighted by Gasteiger charge is -2.12. The molecule has 0 saturated carbocycles. The summed E-state index contributed by atoms with van der Waals surface area (Å²) in [6.45, 7) is 6.47. The van der Waals surface area contributed by atoms with Crippen molar-refractivity contribution in [2.75, 3.05) is 13.6 Å². The molecule has 2 N–H and O–H groups in total. The van der Waals surface area contributed by atoms with Gasteiger partial charge < -0.3 is 5.32 Å². The van der Waals surface area contributed by atoms with Crippen molar-refractivity contribution < 1.29 is 12.8 Å². The molecule has 0 aromatic heterocycles. The lowest BCUT2D eigenvalue weighted by Crippen LogP contribution is -2.26. The largest absolute Gasteiger partial charge is 0.316 e. The van der Waals surface area contributed by atoms with Crippen LogP contribution < -0.4 is 10.0 Å². The molecule has 0 amide bonds. The smallest absolute Gasteiger partial charge is 0.240 e. The molecule has 120 valence electrons. The Labute approximate surface area is 127 Å². The molecule has 0 unspecified atom stereocenters. The highest BCUT2D eigenvalue weighted by Crippen LogP contribution is 2.20. The Morgan fingerprint density at radius 2 is 1.95 bits per heavy atom. The Balaban J connectivity index is 2.91. The minimum Gasteiger partial charge on any atom is -0.316 e. The van der Waals surface area contributed by atoms with Crippen molar-refractivity contribution in [3.05, 3.63) is 29.1 Å². The van der Waals surface area contributed by atoms with E-state index in [0.29, 0.717) is 24.6 Å². The molecule has 0 fully saturated rings. The van der Waals surface area contributed by atoms with Crippen LogP contribution >= 0.6 is 0 Å². The zero-order chi connectivity index (χ0) is 16.0. The van der Waals surface area contributed by atoms with E-state index in [-0.39, 0.29) is 10.5 Å². The maximum Gasteiger partial charge on any atom is 0.240 e. The van der Waals surface area contributed by atoms with Crippen LogP contribution in [0.15, 0.2) is 17.0 Å². The summed E-state index contributed by atoms with van der Waals surface area (Å²) in [6, 6.07) is 2.89. The number of nitrogens with one attached hydrogen (secondary N) is 2. The number of benzene rings is 1. The molecule has 0 radical (unpaired) electrons. The van der Waals surface area contributed by atoms with Gasteiger partial charge in [-0.3, -0.25) is 0 Å². The molecule has 4 nitrogen and oxygen atoms in total. The first-order valence-electron chi connectivity index (χ1n) is 7.21. The highest BCUT2D eigenvalue weighted by Gasteiger charge is 2.19. The van der Waals surface area contributed by atoms with E-state index in [4.69, 9.17) is 0 Å². The summed E-state index contributed by atoms with van der Waals surface area (Å²) in [5.74, 6) is 0.0398. The Morgan fingerprint density at radius 3 is 2.52 bits per heavy atom. The van der Waals surface area contributed by atoms with Gasteiger partial charge in [-0.25, -0.2) is 17.5 Å². The van der Waals surface area contributed by atoms with E-state index >= 15 is 0 Å². The average Bonchev–Trinajstić information content (AvgIpc) is 2.38. The summed E-state index contributed by atoms with van der Waals surface area (Å²) in [5.41, 5.74) is 0.773. The molecule has 6 heteroatoms. The van der Waals surface area contributed by atoms with Crippen molar-refractivity contribution in [1.82, 2.24) is 10.0 Å². The molecule has 0 saturated heterocycles. The third-order valence-electron chi connectivity index (χ3n) is 3.28. The van der Waals surface area contributed by atoms with Gasteiger partial charge in [0, 0.05) is 18.7 Å². The molecule has 1 aromatic rings. The van der Waals surface area contributed by atoms with E-state index < -0.39 is 15.8 Å². The summed E-state index contributed by atoms with van der Waals surface area (Å²) in [5, 5.41) is 2.89. The van der Waals surface area contributed by atoms with Crippen molar-refractivity contribution in [3.8, 4) is 0 Å². The molecular weight excluding hydrogens is 291 g/mol. The van der Waals surface area contributed by atoms with Crippen LogP contribution in [0.3, 0.4) is 0 Å². The Bertz CT molecular complexity index is 571. The fraction of sp³-hybridized carbons (Fsp3) is 0.600. The van der Waals surface area contributed by atoms with Gasteiger partial charge in [-0.15, -0.1) is 0 Å². The van der Waals surface area contributed by atoms with Crippen LogP contribution in [0, 0.1) is 18.7 Å². The highest BCUT2D eigenvalue weighted by atomic mass is 32.2. The number of hydrogen-bond donors (Lipinski definition) is 2. The van der Waals surface area contributed by atoms with Crippen LogP contribution in [0.1, 0.15) is 37.8 Å². The van der Waals surface area contributed by atoms with E-state index in [1.807, 2.05) is 0 Å². The Morgan fingerprint density at radius 1 is 1.29 bits per heavy atom. The maximum atomic E-state index is 13.9. The quantitative estimate of drug-likeness (QED) is 0.725. The van der Waals surface area contributed by atoms with Crippen molar-refractivity contribution >= 4 is 10.0 Å². The minimum absolute atomic E-state index is 0.0253. The van der Waals surface area contributed by atoms with Gasteiger partial charge in [-0.1, -0.05) is 13.8 Å². The number of sulfonamides is 1. The van der Waals surface area contributed by atoms with Crippen LogP contribution in [0.4, 0.5) is 4.39 Å². The van der Waals surface area contributed by atoms with Crippen molar-refractivity contribution in [2.45, 2.75) is 45.1 Å². The second-order valence-corrected chi connectivity index (χ2v) is 7.40. The molecule has 0 aliphatic carbocycles. The van der Waals surface area contributed by atoms with Gasteiger partial charge in [-0.05, 0) is 50.4 Å². The second-order valence-electron chi connectivity index (χ2n) is 5.66. The number of rotatable bonds is 8. The van der Waals surface area contributed by atoms with Crippen molar-refractivity contribution in [2.24, 2.45) is 5.92 Å². The predicted octanol–water partition coefficient (Wildman–Crippen LogP) is 2.57. The SMILES string of the molecule is CNCc1cc(F)c(C)c(S(=O)(=O)NCCCC(C)C)c1. The molecule has 0 spiro atoms. The fourth-order valence-electron chi connectivity index (χ4n) is 2.09. The first kappa shape index (κ1) is 18.1. The Kier molecular flexibility index (Phi) is 6.77. The van der Waals surface area contributed by atoms with Gasteiger partial charge in [0.25, 0.3) is 0 Å². The number of hydrogen-bond acceptors (Lipinski definition) is 3. The molecule has 0 aliphatic heterocycles. The molecule has 0 aliphatic rings. The van der Waals surface area contributed by atoms with Gasteiger partial charge in [0.1, 0.15) is 5.82 Å². The summed E-state index contributed by atoms with van der Waals surface area (Å²) >= 11 is 0. The van der Waals surface area contributed by atoms with E-state index in [2.05, 4.69) is 23.9 Å². The zero-order valence-corrected chi connectivity index (χ0v) is 14.0. The first-order chi connectivity index (χ1) is 9.77. The van der Waals surface area contributed by atoms with Gasteiger partial charge in [0.05, 0.1) is 4.90 Å². The van der Waals surface area contributed by atoms with E-state index in [1.165, 1.54) is 19.1 Å². The van der Waals surface area contributed by atoms with Crippen LogP contribution in [-0.4, -0.2) is 22.0 Å². The summed E-state index contributed by atoms with van der Waals surface area (Å²) in [4.78, 5) is 0.0253. The molecule has 21 heavy (non-hydrogen) atoms. The highest BCUT2D eigenvalue weighted by molar-refractivity contribution is 7.89. The van der Waals surface area contributed by atoms with Gasteiger partial charge in [0.15, 0.2) is 0 Å². The topological polar surface area (TPSA) is 58.2 Å². The summed E-state index contributed by atoms with van der Waals surface area (Å²) in [7, 11) is -1.94. The third kappa shape index (κ3) is 5.37. The summed E-state index contributed by atoms with van der Waals surface area (Å²) < 4.78 is 41.0. The maximum absolute atomic E-state index is 13.9. The molecule has 0 atom stereocenters. The fourth-order valence-corrected chi connectivity index (χ4v) is 3.46. The second kappa shape index (κ2) is 7.87. The molecule has 1 rings (SSSR count). The first-order valence-corrected chi connectivity index (χ1v) is 8.69. The van der Waals surface area contributed by atoms with Crippen LogP contribution in [-0.2, 0) is 16.6 Å². The lowest BCUT2D eigenvalue weighted by molar-refractivity contribution is 0.538. The van der Waals surface area contributed by atoms with Crippen LogP contribution in [0.25, 0.3) is 0 Å². The monoisotopic (exact) mass is 316 g/mol. The van der Waals surface area contributed by atoms with Gasteiger partial charge in [0.2, 0.25) is 10.0 Å². The molecular formula is C15H25FN2O2S. The normalized spacial score (nSPS) is 12.1. The number of halogens is 1. The third-order valence-corrected chi connectivity index (χ3v) is 4.86. The standard InChI is InChI=1S/C15H25FN2O2S/c1-11(2)6-5-7-18-21(19,20)15-9-13(10-17-4)8-14(16)12(15)3/h8-9,11,17-18H,5-7,10H2,1-4H3. The van der Waals surface area contributed by atoms with E-state index in [9.17, 15) is 12.8 Å².